The fourth-order valence-electron chi connectivity index (χ4n) is 1.71. The van der Waals surface area contributed by atoms with Gasteiger partial charge in [0.2, 0.25) is 5.13 Å². The van der Waals surface area contributed by atoms with E-state index in [4.69, 9.17) is 0 Å². The maximum atomic E-state index is 13.6. The molecule has 0 fully saturated rings. The molecule has 33 heavy (non-hydrogen) atoms. The van der Waals surface area contributed by atoms with Gasteiger partial charge in [-0.3, -0.25) is 10.1 Å². The number of carbonyl (C=O) groups excluding carboxylic acids is 1. The Morgan fingerprint density at radius 1 is 0.697 bits per heavy atom. The molecule has 1 amide bonds. The number of halogens is 17. The quantitative estimate of drug-likeness (QED) is 0.307. The number of hydrogen-bond acceptors (Lipinski definition) is 4. The maximum Gasteiger partial charge on any atom is 0.393 e. The molecule has 192 valence electrons. The number of alkyl halides is 17. The van der Waals surface area contributed by atoms with Gasteiger partial charge in [0.05, 0.1) is 0 Å². The zero-order chi connectivity index (χ0) is 26.7. The SMILES string of the molecule is O=C(Nc1nncs1)C(F)(F)C(F)(F)C(F)(F)C(F)(F)C(F)(F)C(F)(F)C(F)(F)C(F)(F)Cl. The molecule has 1 aromatic heterocycles. The third-order valence-electron chi connectivity index (χ3n) is 3.59. The van der Waals surface area contributed by atoms with Gasteiger partial charge in [0.25, 0.3) is 0 Å². The van der Waals surface area contributed by atoms with Crippen LogP contribution in [0.25, 0.3) is 0 Å². The number of aromatic nitrogens is 2. The molecule has 1 heterocycles. The summed E-state index contributed by atoms with van der Waals surface area (Å²) in [6, 6.07) is 0. The van der Waals surface area contributed by atoms with Crippen molar-refractivity contribution in [3.05, 3.63) is 5.51 Å². The molecule has 22 heteroatoms. The Morgan fingerprint density at radius 3 is 1.39 bits per heavy atom. The molecular weight excluding hydrogens is 562 g/mol. The number of nitrogens with one attached hydrogen (secondary N) is 1. The molecule has 0 unspecified atom stereocenters. The van der Waals surface area contributed by atoms with Crippen LogP contribution in [0.15, 0.2) is 5.51 Å². The average Bonchev–Trinajstić information content (AvgIpc) is 3.12. The van der Waals surface area contributed by atoms with Crippen LogP contribution in [0, 0.1) is 0 Å². The smallest absolute Gasteiger partial charge is 0.295 e. The van der Waals surface area contributed by atoms with E-state index in [1.807, 2.05) is 0 Å². The van der Waals surface area contributed by atoms with Crippen LogP contribution in [0.1, 0.15) is 0 Å². The van der Waals surface area contributed by atoms with E-state index in [2.05, 4.69) is 21.8 Å². The fourth-order valence-corrected chi connectivity index (χ4v) is 2.27. The zero-order valence-electron chi connectivity index (χ0n) is 14.2. The van der Waals surface area contributed by atoms with Gasteiger partial charge < -0.3 is 0 Å². The third-order valence-corrected chi connectivity index (χ3v) is 4.43. The van der Waals surface area contributed by atoms with E-state index in [-0.39, 0.29) is 11.3 Å². The molecular formula is C11H2ClF16N3OS. The molecule has 1 rings (SSSR count). The molecule has 0 saturated heterocycles. The topological polar surface area (TPSA) is 54.9 Å². The highest BCUT2D eigenvalue weighted by atomic mass is 35.5. The Morgan fingerprint density at radius 2 is 1.06 bits per heavy atom. The van der Waals surface area contributed by atoms with Gasteiger partial charge in [-0.05, 0) is 11.6 Å². The number of carbonyl (C=O) groups is 1. The van der Waals surface area contributed by atoms with Crippen LogP contribution in [0.2, 0.25) is 0 Å². The lowest BCUT2D eigenvalue weighted by atomic mass is 9.89. The first-order valence-electron chi connectivity index (χ1n) is 7.04. The Balaban J connectivity index is 3.57. The lowest BCUT2D eigenvalue weighted by molar-refractivity contribution is -0.445. The second-order valence-corrected chi connectivity index (χ2v) is 7.02. The van der Waals surface area contributed by atoms with Crippen molar-refractivity contribution in [2.45, 2.75) is 46.8 Å². The normalized spacial score (nSPS) is 15.5. The van der Waals surface area contributed by atoms with Crippen LogP contribution < -0.4 is 5.32 Å². The van der Waals surface area contributed by atoms with Gasteiger partial charge in [-0.2, -0.15) is 70.2 Å². The van der Waals surface area contributed by atoms with Crippen molar-refractivity contribution < 1.29 is 75.0 Å². The van der Waals surface area contributed by atoms with Gasteiger partial charge in [0, 0.05) is 0 Å². The van der Waals surface area contributed by atoms with Crippen molar-refractivity contribution in [1.29, 1.82) is 0 Å². The summed E-state index contributed by atoms with van der Waals surface area (Å²) >= 11 is 3.44. The maximum absolute atomic E-state index is 13.6. The molecule has 0 aliphatic heterocycles. The Bertz CT molecular complexity index is 868. The van der Waals surface area contributed by atoms with Gasteiger partial charge in [-0.25, -0.2) is 0 Å². The van der Waals surface area contributed by atoms with Gasteiger partial charge >= 0.3 is 52.7 Å². The van der Waals surface area contributed by atoms with Gasteiger partial charge in [-0.15, -0.1) is 10.2 Å². The molecule has 0 atom stereocenters. The molecule has 1 N–H and O–H groups in total. The van der Waals surface area contributed by atoms with Crippen molar-refractivity contribution in [2.24, 2.45) is 0 Å². The van der Waals surface area contributed by atoms with Crippen LogP contribution in [0.4, 0.5) is 75.4 Å². The van der Waals surface area contributed by atoms with E-state index in [9.17, 15) is 75.0 Å². The van der Waals surface area contributed by atoms with Crippen LogP contribution in [-0.2, 0) is 4.79 Å². The largest absolute Gasteiger partial charge is 0.393 e. The highest BCUT2D eigenvalue weighted by Crippen LogP contribution is 2.64. The Labute approximate surface area is 177 Å². The third kappa shape index (κ3) is 3.93. The van der Waals surface area contributed by atoms with E-state index in [1.54, 1.807) is 0 Å². The molecule has 0 aliphatic rings. The number of hydrogen-bond donors (Lipinski definition) is 1. The van der Waals surface area contributed by atoms with E-state index >= 15 is 0 Å². The van der Waals surface area contributed by atoms with Crippen molar-refractivity contribution in [3.8, 4) is 0 Å². The van der Waals surface area contributed by atoms with Crippen LogP contribution in [0.5, 0.6) is 0 Å². The summed E-state index contributed by atoms with van der Waals surface area (Å²) in [6.07, 6.45) is 0. The summed E-state index contributed by atoms with van der Waals surface area (Å²) in [5.41, 5.74) is 0.615. The molecule has 0 bridgehead atoms. The van der Waals surface area contributed by atoms with Crippen molar-refractivity contribution in [3.63, 3.8) is 0 Å². The number of rotatable bonds is 9. The van der Waals surface area contributed by atoms with Crippen molar-refractivity contribution >= 4 is 34.0 Å². The Hall–Kier alpha value is -1.80. The molecule has 0 saturated carbocycles. The predicted octanol–water partition coefficient (Wildman–Crippen LogP) is 5.76. The first-order chi connectivity index (χ1) is 14.2. The van der Waals surface area contributed by atoms with Crippen LogP contribution >= 0.6 is 22.9 Å². The fraction of sp³-hybridized carbons (Fsp3) is 0.727. The van der Waals surface area contributed by atoms with Crippen molar-refractivity contribution in [1.82, 2.24) is 10.2 Å². The summed E-state index contributed by atoms with van der Waals surface area (Å²) in [5.74, 6) is -60.7. The number of amides is 1. The summed E-state index contributed by atoms with van der Waals surface area (Å²) in [6.45, 7) is 0. The number of anilines is 1. The van der Waals surface area contributed by atoms with Crippen LogP contribution in [0.3, 0.4) is 0 Å². The molecule has 0 spiro atoms. The minimum Gasteiger partial charge on any atom is -0.295 e. The monoisotopic (exact) mass is 563 g/mol. The lowest BCUT2D eigenvalue weighted by Crippen LogP contribution is -2.75. The minimum atomic E-state index is -8.63. The first kappa shape index (κ1) is 29.2. The predicted molar refractivity (Wildman–Crippen MR) is 74.0 cm³/mol. The second kappa shape index (κ2) is 7.87. The molecule has 0 aliphatic carbocycles. The second-order valence-electron chi connectivity index (χ2n) is 5.72. The van der Waals surface area contributed by atoms with E-state index < -0.39 is 57.9 Å². The lowest BCUT2D eigenvalue weighted by Gasteiger charge is -2.42. The summed E-state index contributed by atoms with van der Waals surface area (Å²) in [4.78, 5) is 11.1. The van der Waals surface area contributed by atoms with Crippen LogP contribution in [-0.4, -0.2) is 62.9 Å². The Kier molecular flexibility index (Phi) is 6.97. The van der Waals surface area contributed by atoms with Gasteiger partial charge in [0.15, 0.2) is 0 Å². The molecule has 1 aromatic rings. The van der Waals surface area contributed by atoms with E-state index in [1.165, 1.54) is 0 Å². The van der Waals surface area contributed by atoms with Gasteiger partial charge in [-0.1, -0.05) is 11.3 Å². The van der Waals surface area contributed by atoms with Crippen molar-refractivity contribution in [2.75, 3.05) is 5.32 Å². The molecule has 0 aromatic carbocycles. The van der Waals surface area contributed by atoms with Gasteiger partial charge in [0.1, 0.15) is 5.51 Å². The minimum absolute atomic E-state index is 0.0496. The highest BCUT2D eigenvalue weighted by molar-refractivity contribution is 7.13. The summed E-state index contributed by atoms with van der Waals surface area (Å²) < 4.78 is 212. The molecule has 4 nitrogen and oxygen atoms in total. The summed E-state index contributed by atoms with van der Waals surface area (Å²) in [5, 5.41) is -1.83. The number of nitrogens with zero attached hydrogens (tertiary/aromatic N) is 2. The zero-order valence-corrected chi connectivity index (χ0v) is 15.8. The average molecular weight is 564 g/mol. The summed E-state index contributed by atoms with van der Waals surface area (Å²) in [7, 11) is 0. The van der Waals surface area contributed by atoms with E-state index in [0.29, 0.717) is 10.8 Å². The van der Waals surface area contributed by atoms with E-state index in [0.717, 1.165) is 0 Å². The first-order valence-corrected chi connectivity index (χ1v) is 8.30. The molecule has 0 radical (unpaired) electrons. The standard InChI is InChI=1S/C11H2ClF16N3OS/c12-11(27,28)10(25,26)9(23,24)8(21,22)7(19,20)6(17,18)5(15,16)4(13,14)2(32)30-3-31-29-1-33-3/h1H,(H,30,31,32). The highest BCUT2D eigenvalue weighted by Gasteiger charge is 2.95.